The van der Waals surface area contributed by atoms with Gasteiger partial charge >= 0.3 is 0 Å². The van der Waals surface area contributed by atoms with Crippen LogP contribution in [0, 0.1) is 11.8 Å². The minimum absolute atomic E-state index is 0.00808. The second-order valence-electron chi connectivity index (χ2n) is 7.15. The summed E-state index contributed by atoms with van der Waals surface area (Å²) in [6, 6.07) is 7.04. The highest BCUT2D eigenvalue weighted by atomic mass is 16.5. The van der Waals surface area contributed by atoms with E-state index < -0.39 is 0 Å². The normalized spacial score (nSPS) is 20.2. The van der Waals surface area contributed by atoms with Gasteiger partial charge in [-0.25, -0.2) is 0 Å². The Bertz CT molecular complexity index is 561. The van der Waals surface area contributed by atoms with E-state index in [0.717, 1.165) is 38.1 Å². The number of nitrogens with one attached hydrogen (secondary N) is 1. The Kier molecular flexibility index (Phi) is 7.29. The number of amides is 2. The van der Waals surface area contributed by atoms with Gasteiger partial charge in [0.05, 0.1) is 13.2 Å². The molecule has 1 aromatic carbocycles. The Morgan fingerprint density at radius 2 is 1.80 bits per heavy atom. The zero-order valence-corrected chi connectivity index (χ0v) is 15.6. The van der Waals surface area contributed by atoms with Crippen LogP contribution in [-0.4, -0.2) is 43.0 Å². The van der Waals surface area contributed by atoms with Crippen LogP contribution in [0.4, 0.5) is 0 Å². The molecular formula is C20H30N2O3. The maximum Gasteiger partial charge on any atom is 0.251 e. The summed E-state index contributed by atoms with van der Waals surface area (Å²) in [4.78, 5) is 26.4. The summed E-state index contributed by atoms with van der Waals surface area (Å²) in [5.41, 5.74) is 0.538. The molecule has 1 aliphatic heterocycles. The third-order valence-corrected chi connectivity index (χ3v) is 4.50. The van der Waals surface area contributed by atoms with Crippen molar-refractivity contribution in [1.29, 1.82) is 0 Å². The number of carbonyl (C=O) groups excluding carboxylic acids is 2. The minimum atomic E-state index is -0.230. The lowest BCUT2D eigenvalue weighted by Gasteiger charge is -2.35. The summed E-state index contributed by atoms with van der Waals surface area (Å²) in [5, 5.41) is 2.73. The lowest BCUT2D eigenvalue weighted by atomic mass is 9.92. The zero-order chi connectivity index (χ0) is 18.2. The SMILES string of the molecule is CCCCOc1ccc(C(=O)NCC(=O)N2C[C@H](C)C[C@H](C)C2)cc1. The molecule has 5 nitrogen and oxygen atoms in total. The van der Waals surface area contributed by atoms with Crippen LogP contribution in [-0.2, 0) is 4.79 Å². The van der Waals surface area contributed by atoms with Crippen LogP contribution in [0.2, 0.25) is 0 Å². The molecule has 0 aliphatic carbocycles. The van der Waals surface area contributed by atoms with E-state index >= 15 is 0 Å². The Labute approximate surface area is 150 Å². The van der Waals surface area contributed by atoms with Gasteiger partial charge in [0, 0.05) is 18.7 Å². The molecule has 0 spiro atoms. The van der Waals surface area contributed by atoms with Gasteiger partial charge in [0.1, 0.15) is 5.75 Å². The van der Waals surface area contributed by atoms with E-state index in [2.05, 4.69) is 26.1 Å². The molecule has 0 radical (unpaired) electrons. The fraction of sp³-hybridized carbons (Fsp3) is 0.600. The number of likely N-dealkylation sites (tertiary alicyclic amines) is 1. The Balaban J connectivity index is 1.80. The summed E-state index contributed by atoms with van der Waals surface area (Å²) in [6.07, 6.45) is 3.25. The zero-order valence-electron chi connectivity index (χ0n) is 15.6. The lowest BCUT2D eigenvalue weighted by Crippen LogP contribution is -2.46. The summed E-state index contributed by atoms with van der Waals surface area (Å²) in [7, 11) is 0. The molecule has 2 amide bonds. The molecule has 1 aliphatic rings. The number of hydrogen-bond acceptors (Lipinski definition) is 3. The second kappa shape index (κ2) is 9.44. The monoisotopic (exact) mass is 346 g/mol. The van der Waals surface area contributed by atoms with Crippen molar-refractivity contribution in [3.05, 3.63) is 29.8 Å². The highest BCUT2D eigenvalue weighted by Crippen LogP contribution is 2.20. The van der Waals surface area contributed by atoms with Crippen molar-refractivity contribution < 1.29 is 14.3 Å². The van der Waals surface area contributed by atoms with Gasteiger partial charge in [0.15, 0.2) is 0 Å². The predicted molar refractivity (Wildman–Crippen MR) is 98.7 cm³/mol. The molecule has 1 fully saturated rings. The number of hydrogen-bond donors (Lipinski definition) is 1. The van der Waals surface area contributed by atoms with Crippen molar-refractivity contribution in [2.24, 2.45) is 11.8 Å². The maximum atomic E-state index is 12.3. The van der Waals surface area contributed by atoms with E-state index in [1.54, 1.807) is 24.3 Å². The average molecular weight is 346 g/mol. The summed E-state index contributed by atoms with van der Waals surface area (Å²) in [6.45, 7) is 8.74. The predicted octanol–water partition coefficient (Wildman–Crippen LogP) is 3.10. The van der Waals surface area contributed by atoms with Crippen LogP contribution in [0.25, 0.3) is 0 Å². The summed E-state index contributed by atoms with van der Waals surface area (Å²) < 4.78 is 5.59. The number of piperidine rings is 1. The van der Waals surface area contributed by atoms with Gasteiger partial charge in [-0.05, 0) is 48.9 Å². The van der Waals surface area contributed by atoms with Gasteiger partial charge in [-0.3, -0.25) is 9.59 Å². The van der Waals surface area contributed by atoms with Crippen LogP contribution in [0.15, 0.2) is 24.3 Å². The largest absolute Gasteiger partial charge is 0.494 e. The Morgan fingerprint density at radius 1 is 1.16 bits per heavy atom. The molecule has 2 atom stereocenters. The van der Waals surface area contributed by atoms with E-state index in [4.69, 9.17) is 4.74 Å². The number of carbonyl (C=O) groups is 2. The van der Waals surface area contributed by atoms with Crippen molar-refractivity contribution in [1.82, 2.24) is 10.2 Å². The Morgan fingerprint density at radius 3 is 2.40 bits per heavy atom. The Hall–Kier alpha value is -2.04. The molecule has 25 heavy (non-hydrogen) atoms. The van der Waals surface area contributed by atoms with Crippen molar-refractivity contribution in [3.8, 4) is 5.75 Å². The first-order valence-electron chi connectivity index (χ1n) is 9.28. The topological polar surface area (TPSA) is 58.6 Å². The van der Waals surface area contributed by atoms with Gasteiger partial charge in [-0.1, -0.05) is 27.2 Å². The number of benzene rings is 1. The van der Waals surface area contributed by atoms with Crippen molar-refractivity contribution >= 4 is 11.8 Å². The standard InChI is InChI=1S/C20H30N2O3/c1-4-5-10-25-18-8-6-17(7-9-18)20(24)21-12-19(23)22-13-15(2)11-16(3)14-22/h6-9,15-16H,4-5,10-14H2,1-3H3,(H,21,24)/t15-,16+. The van der Waals surface area contributed by atoms with Crippen LogP contribution in [0.3, 0.4) is 0 Å². The third-order valence-electron chi connectivity index (χ3n) is 4.50. The number of rotatable bonds is 7. The first-order valence-corrected chi connectivity index (χ1v) is 9.28. The van der Waals surface area contributed by atoms with E-state index in [0.29, 0.717) is 24.0 Å². The fourth-order valence-corrected chi connectivity index (χ4v) is 3.27. The molecule has 138 valence electrons. The van der Waals surface area contributed by atoms with E-state index in [1.807, 2.05) is 4.90 Å². The molecule has 0 unspecified atom stereocenters. The fourth-order valence-electron chi connectivity index (χ4n) is 3.27. The van der Waals surface area contributed by atoms with Crippen LogP contribution < -0.4 is 10.1 Å². The molecule has 2 rings (SSSR count). The number of unbranched alkanes of at least 4 members (excludes halogenated alkanes) is 1. The van der Waals surface area contributed by atoms with Crippen LogP contribution in [0.5, 0.6) is 5.75 Å². The molecule has 0 saturated carbocycles. The van der Waals surface area contributed by atoms with Gasteiger partial charge < -0.3 is 15.0 Å². The first kappa shape index (κ1) is 19.3. The summed E-state index contributed by atoms with van der Waals surface area (Å²) >= 11 is 0. The van der Waals surface area contributed by atoms with Crippen molar-refractivity contribution in [2.75, 3.05) is 26.2 Å². The van der Waals surface area contributed by atoms with E-state index in [9.17, 15) is 9.59 Å². The molecule has 1 N–H and O–H groups in total. The van der Waals surface area contributed by atoms with E-state index in [-0.39, 0.29) is 18.4 Å². The molecular weight excluding hydrogens is 316 g/mol. The van der Waals surface area contributed by atoms with Gasteiger partial charge in [-0.15, -0.1) is 0 Å². The molecule has 1 heterocycles. The molecule has 0 aromatic heterocycles. The lowest BCUT2D eigenvalue weighted by molar-refractivity contribution is -0.132. The molecule has 0 bridgehead atoms. The first-order chi connectivity index (χ1) is 12.0. The molecule has 1 saturated heterocycles. The third kappa shape index (κ3) is 6.07. The molecule has 5 heteroatoms. The summed E-state index contributed by atoms with van der Waals surface area (Å²) in [5.74, 6) is 1.56. The smallest absolute Gasteiger partial charge is 0.251 e. The quantitative estimate of drug-likeness (QED) is 0.772. The second-order valence-corrected chi connectivity index (χ2v) is 7.15. The van der Waals surface area contributed by atoms with Crippen LogP contribution in [0.1, 0.15) is 50.4 Å². The van der Waals surface area contributed by atoms with Gasteiger partial charge in [0.25, 0.3) is 5.91 Å². The maximum absolute atomic E-state index is 12.3. The van der Waals surface area contributed by atoms with E-state index in [1.165, 1.54) is 0 Å². The highest BCUT2D eigenvalue weighted by molar-refractivity contribution is 5.96. The minimum Gasteiger partial charge on any atom is -0.494 e. The van der Waals surface area contributed by atoms with Crippen molar-refractivity contribution in [2.45, 2.75) is 40.0 Å². The van der Waals surface area contributed by atoms with Gasteiger partial charge in [0.2, 0.25) is 5.91 Å². The van der Waals surface area contributed by atoms with Crippen LogP contribution >= 0.6 is 0 Å². The van der Waals surface area contributed by atoms with Crippen molar-refractivity contribution in [3.63, 3.8) is 0 Å². The average Bonchev–Trinajstić information content (AvgIpc) is 2.59. The highest BCUT2D eigenvalue weighted by Gasteiger charge is 2.25. The number of nitrogens with zero attached hydrogens (tertiary/aromatic N) is 1. The van der Waals surface area contributed by atoms with Gasteiger partial charge in [-0.2, -0.15) is 0 Å². The number of ether oxygens (including phenoxy) is 1. The molecule has 1 aromatic rings.